The van der Waals surface area contributed by atoms with E-state index >= 15 is 0 Å². The van der Waals surface area contributed by atoms with Crippen molar-refractivity contribution < 1.29 is 24.5 Å². The fraction of sp³-hybridized carbons (Fsp3) is 0.0500. The molecular formula is C40H28IrN2O-2. The van der Waals surface area contributed by atoms with E-state index in [4.69, 9.17) is 4.42 Å². The fourth-order valence-corrected chi connectivity index (χ4v) is 5.43. The Morgan fingerprint density at radius 3 is 2.18 bits per heavy atom. The van der Waals surface area contributed by atoms with Crippen LogP contribution < -0.4 is 0 Å². The molecule has 3 heterocycles. The second kappa shape index (κ2) is 12.8. The molecule has 0 amide bonds. The van der Waals surface area contributed by atoms with Gasteiger partial charge in [-0.1, -0.05) is 77.4 Å². The SMILES string of the molecule is Cc1cnc(-c2[c-]cc(-c3cccc4c3ccc3oc5ccccc5c34)cc2)cc1C.[Ir].[c-]1ccccc1-c1ccccn1. The van der Waals surface area contributed by atoms with Gasteiger partial charge < -0.3 is 14.4 Å². The predicted molar refractivity (Wildman–Crippen MR) is 177 cm³/mol. The monoisotopic (exact) mass is 745 g/mol. The van der Waals surface area contributed by atoms with E-state index in [9.17, 15) is 0 Å². The standard InChI is InChI=1S/C29H20NO.C11H8N.Ir/c1-18-16-26(30-17-19(18)2)21-12-10-20(11-13-21)22-7-5-8-24-23(22)14-15-28-29(24)25-6-3-4-9-27(25)31-28;1-2-6-10(7-3-1)11-8-4-5-9-12-11;/h3-12,14-17H,1-2H3;1-6,8-9H;/q2*-1;. The number of hydrogen-bond acceptors (Lipinski definition) is 3. The molecule has 44 heavy (non-hydrogen) atoms. The first kappa shape index (κ1) is 29.2. The number of aryl methyl sites for hydroxylation is 2. The average Bonchev–Trinajstić information content (AvgIpc) is 3.46. The molecule has 0 spiro atoms. The molecule has 0 atom stereocenters. The molecule has 8 aromatic rings. The van der Waals surface area contributed by atoms with Crippen LogP contribution in [0, 0.1) is 26.0 Å². The maximum absolute atomic E-state index is 6.08. The van der Waals surface area contributed by atoms with Crippen LogP contribution in [-0.2, 0) is 20.1 Å². The van der Waals surface area contributed by atoms with E-state index in [0.717, 1.165) is 44.6 Å². The molecule has 3 aromatic heterocycles. The smallest absolute Gasteiger partial charge is 0.136 e. The van der Waals surface area contributed by atoms with E-state index in [0.29, 0.717) is 0 Å². The van der Waals surface area contributed by atoms with Gasteiger partial charge in [0, 0.05) is 43.3 Å². The van der Waals surface area contributed by atoms with Crippen LogP contribution in [0.3, 0.4) is 0 Å². The van der Waals surface area contributed by atoms with Crippen molar-refractivity contribution >= 4 is 32.7 Å². The minimum atomic E-state index is 0. The van der Waals surface area contributed by atoms with Crippen LogP contribution in [0.25, 0.3) is 66.4 Å². The van der Waals surface area contributed by atoms with Crippen LogP contribution in [-0.4, -0.2) is 9.97 Å². The summed E-state index contributed by atoms with van der Waals surface area (Å²) in [5, 5.41) is 4.75. The van der Waals surface area contributed by atoms with Crippen LogP contribution in [0.4, 0.5) is 0 Å². The molecular weight excluding hydrogens is 717 g/mol. The summed E-state index contributed by atoms with van der Waals surface area (Å²) in [6.45, 7) is 4.20. The van der Waals surface area contributed by atoms with Crippen molar-refractivity contribution in [3.05, 3.63) is 157 Å². The molecule has 8 rings (SSSR count). The Morgan fingerprint density at radius 2 is 1.41 bits per heavy atom. The Labute approximate surface area is 270 Å². The van der Waals surface area contributed by atoms with Crippen LogP contribution in [0.1, 0.15) is 11.1 Å². The number of para-hydroxylation sites is 1. The van der Waals surface area contributed by atoms with Crippen molar-refractivity contribution in [1.29, 1.82) is 0 Å². The number of aromatic nitrogens is 2. The molecule has 0 aliphatic carbocycles. The van der Waals surface area contributed by atoms with Gasteiger partial charge in [-0.05, 0) is 59.8 Å². The molecule has 0 saturated carbocycles. The Kier molecular flexibility index (Phi) is 8.47. The molecule has 1 radical (unpaired) electrons. The number of nitrogens with zero attached hydrogens (tertiary/aromatic N) is 2. The Balaban J connectivity index is 0.000000222. The molecule has 4 heteroatoms. The van der Waals surface area contributed by atoms with Gasteiger partial charge in [-0.25, -0.2) is 0 Å². The van der Waals surface area contributed by atoms with E-state index in [1.807, 2.05) is 60.8 Å². The van der Waals surface area contributed by atoms with Gasteiger partial charge in [0.15, 0.2) is 0 Å². The summed E-state index contributed by atoms with van der Waals surface area (Å²) < 4.78 is 6.08. The van der Waals surface area contributed by atoms with E-state index in [2.05, 4.69) is 103 Å². The first-order valence-electron chi connectivity index (χ1n) is 14.3. The molecule has 0 aliphatic heterocycles. The third-order valence-corrected chi connectivity index (χ3v) is 7.82. The van der Waals surface area contributed by atoms with E-state index in [1.54, 1.807) is 6.20 Å². The van der Waals surface area contributed by atoms with E-state index < -0.39 is 0 Å². The third-order valence-electron chi connectivity index (χ3n) is 7.82. The number of benzene rings is 5. The Morgan fingerprint density at radius 1 is 0.591 bits per heavy atom. The third kappa shape index (κ3) is 5.70. The molecule has 0 aliphatic rings. The maximum Gasteiger partial charge on any atom is 0.136 e. The second-order valence-corrected chi connectivity index (χ2v) is 10.6. The molecule has 0 fully saturated rings. The summed E-state index contributed by atoms with van der Waals surface area (Å²) in [6.07, 6.45) is 3.72. The van der Waals surface area contributed by atoms with Crippen LogP contribution in [0.15, 0.2) is 138 Å². The molecule has 3 nitrogen and oxygen atoms in total. The van der Waals surface area contributed by atoms with Crippen molar-refractivity contribution in [3.8, 4) is 33.6 Å². The molecule has 0 N–H and O–H groups in total. The van der Waals surface area contributed by atoms with Gasteiger partial charge in [0.05, 0.1) is 0 Å². The van der Waals surface area contributed by atoms with Crippen molar-refractivity contribution in [1.82, 2.24) is 9.97 Å². The largest absolute Gasteiger partial charge is 0.456 e. The first-order valence-corrected chi connectivity index (χ1v) is 14.3. The van der Waals surface area contributed by atoms with Crippen molar-refractivity contribution in [2.24, 2.45) is 0 Å². The van der Waals surface area contributed by atoms with E-state index in [-0.39, 0.29) is 20.1 Å². The van der Waals surface area contributed by atoms with Gasteiger partial charge in [-0.3, -0.25) is 0 Å². The topological polar surface area (TPSA) is 38.9 Å². The summed E-state index contributed by atoms with van der Waals surface area (Å²) in [4.78, 5) is 8.79. The molecule has 0 bridgehead atoms. The summed E-state index contributed by atoms with van der Waals surface area (Å²) >= 11 is 0. The zero-order valence-corrected chi connectivity index (χ0v) is 26.7. The molecule has 0 unspecified atom stereocenters. The first-order chi connectivity index (χ1) is 21.2. The number of fused-ring (bicyclic) bond motifs is 5. The van der Waals surface area contributed by atoms with Crippen LogP contribution in [0.5, 0.6) is 0 Å². The summed E-state index contributed by atoms with van der Waals surface area (Å²) in [5.41, 5.74) is 10.6. The van der Waals surface area contributed by atoms with Crippen LogP contribution >= 0.6 is 0 Å². The Bertz CT molecular complexity index is 2150. The normalized spacial score (nSPS) is 10.8. The zero-order valence-electron chi connectivity index (χ0n) is 24.3. The number of pyridine rings is 2. The predicted octanol–water partition coefficient (Wildman–Crippen LogP) is 10.4. The second-order valence-electron chi connectivity index (χ2n) is 10.6. The number of furan rings is 1. The number of hydrogen-bond donors (Lipinski definition) is 0. The minimum absolute atomic E-state index is 0. The van der Waals surface area contributed by atoms with Crippen molar-refractivity contribution in [2.75, 3.05) is 0 Å². The fourth-order valence-electron chi connectivity index (χ4n) is 5.43. The van der Waals surface area contributed by atoms with Gasteiger partial charge in [0.25, 0.3) is 0 Å². The van der Waals surface area contributed by atoms with Crippen LogP contribution in [0.2, 0.25) is 0 Å². The van der Waals surface area contributed by atoms with Gasteiger partial charge in [0.1, 0.15) is 11.2 Å². The summed E-state index contributed by atoms with van der Waals surface area (Å²) in [7, 11) is 0. The zero-order chi connectivity index (χ0) is 29.2. The summed E-state index contributed by atoms with van der Waals surface area (Å²) in [6, 6.07) is 47.7. The van der Waals surface area contributed by atoms with E-state index in [1.165, 1.54) is 32.8 Å². The van der Waals surface area contributed by atoms with Gasteiger partial charge >= 0.3 is 0 Å². The summed E-state index contributed by atoms with van der Waals surface area (Å²) in [5.74, 6) is 0. The quantitative estimate of drug-likeness (QED) is 0.169. The van der Waals surface area contributed by atoms with Gasteiger partial charge in [0.2, 0.25) is 0 Å². The average molecular weight is 745 g/mol. The molecule has 215 valence electrons. The molecule has 5 aromatic carbocycles. The van der Waals surface area contributed by atoms with Crippen molar-refractivity contribution in [2.45, 2.75) is 13.8 Å². The van der Waals surface area contributed by atoms with Gasteiger partial charge in [-0.2, -0.15) is 0 Å². The Hall–Kier alpha value is -4.89. The molecule has 0 saturated heterocycles. The number of rotatable bonds is 3. The maximum atomic E-state index is 6.08. The minimum Gasteiger partial charge on any atom is -0.456 e. The van der Waals surface area contributed by atoms with Crippen molar-refractivity contribution in [3.63, 3.8) is 0 Å². The van der Waals surface area contributed by atoms with Gasteiger partial charge in [-0.15, -0.1) is 65.7 Å².